The van der Waals surface area contributed by atoms with E-state index in [9.17, 15) is 4.79 Å². The third-order valence-electron chi connectivity index (χ3n) is 7.15. The highest BCUT2D eigenvalue weighted by Crippen LogP contribution is 2.34. The molecule has 1 fully saturated rings. The van der Waals surface area contributed by atoms with Crippen LogP contribution >= 0.6 is 0 Å². The SMILES string of the molecule is C=C/C=C(\C)NC(=O)C1=Cc2cc(-c3ccc(OCCOCCCC)cc3)ccc2N(C[C@@H]2CCOC2)CC1. The number of rotatable bonds is 13. The molecule has 0 radical (unpaired) electrons. The Balaban J connectivity index is 1.52. The fourth-order valence-electron chi connectivity index (χ4n) is 4.97. The number of nitrogens with zero attached hydrogens (tertiary/aromatic N) is 1. The van der Waals surface area contributed by atoms with Gasteiger partial charge >= 0.3 is 0 Å². The molecular weight excluding hydrogens is 488 g/mol. The molecule has 6 nitrogen and oxygen atoms in total. The number of hydrogen-bond acceptors (Lipinski definition) is 5. The Hall–Kier alpha value is -3.35. The summed E-state index contributed by atoms with van der Waals surface area (Å²) in [6.07, 6.45) is 9.51. The number of unbranched alkanes of at least 4 members (excludes halogenated alkanes) is 1. The van der Waals surface area contributed by atoms with E-state index in [1.54, 1.807) is 12.2 Å². The lowest BCUT2D eigenvalue weighted by Gasteiger charge is -2.28. The number of benzene rings is 2. The first-order valence-corrected chi connectivity index (χ1v) is 14.2. The first-order chi connectivity index (χ1) is 19.1. The van der Waals surface area contributed by atoms with Crippen LogP contribution < -0.4 is 15.0 Å². The maximum atomic E-state index is 13.1. The van der Waals surface area contributed by atoms with Gasteiger partial charge in [-0.15, -0.1) is 0 Å². The van der Waals surface area contributed by atoms with Gasteiger partial charge in [-0.25, -0.2) is 0 Å². The Morgan fingerprint density at radius 3 is 2.72 bits per heavy atom. The maximum absolute atomic E-state index is 13.1. The predicted molar refractivity (Wildman–Crippen MR) is 159 cm³/mol. The lowest BCUT2D eigenvalue weighted by Crippen LogP contribution is -2.31. The number of carbonyl (C=O) groups excluding carboxylic acids is 1. The van der Waals surface area contributed by atoms with E-state index in [2.05, 4.69) is 60.1 Å². The molecule has 0 spiro atoms. The third-order valence-corrected chi connectivity index (χ3v) is 7.15. The summed E-state index contributed by atoms with van der Waals surface area (Å²) in [5, 5.41) is 3.00. The first-order valence-electron chi connectivity index (χ1n) is 14.2. The van der Waals surface area contributed by atoms with Gasteiger partial charge in [0.05, 0.1) is 13.2 Å². The first kappa shape index (κ1) is 28.7. The molecule has 1 amide bonds. The molecule has 1 saturated heterocycles. The molecule has 2 aliphatic heterocycles. The van der Waals surface area contributed by atoms with Crippen molar-refractivity contribution in [2.45, 2.75) is 39.5 Å². The van der Waals surface area contributed by atoms with Crippen molar-refractivity contribution in [2.24, 2.45) is 5.92 Å². The van der Waals surface area contributed by atoms with Crippen molar-refractivity contribution in [3.05, 3.63) is 78.0 Å². The predicted octanol–water partition coefficient (Wildman–Crippen LogP) is 6.39. The Labute approximate surface area is 233 Å². The molecule has 2 aromatic carbocycles. The van der Waals surface area contributed by atoms with Crippen LogP contribution in [-0.4, -0.2) is 52.0 Å². The quantitative estimate of drug-likeness (QED) is 0.240. The van der Waals surface area contributed by atoms with Gasteiger partial charge in [0.15, 0.2) is 0 Å². The molecule has 1 N–H and O–H groups in total. The molecule has 1 atom stereocenters. The van der Waals surface area contributed by atoms with Crippen molar-refractivity contribution < 1.29 is 19.0 Å². The maximum Gasteiger partial charge on any atom is 0.251 e. The number of fused-ring (bicyclic) bond motifs is 1. The van der Waals surface area contributed by atoms with Gasteiger partial charge in [0.25, 0.3) is 5.91 Å². The van der Waals surface area contributed by atoms with E-state index < -0.39 is 0 Å². The molecular formula is C33H42N2O4. The second-order valence-corrected chi connectivity index (χ2v) is 10.2. The summed E-state index contributed by atoms with van der Waals surface area (Å²) in [5.41, 5.74) is 5.99. The number of ether oxygens (including phenoxy) is 3. The Bertz CT molecular complexity index is 1160. The molecule has 0 unspecified atom stereocenters. The zero-order chi connectivity index (χ0) is 27.5. The van der Waals surface area contributed by atoms with Crippen molar-refractivity contribution in [2.75, 3.05) is 51.0 Å². The Morgan fingerprint density at radius 1 is 1.15 bits per heavy atom. The lowest BCUT2D eigenvalue weighted by atomic mass is 9.99. The summed E-state index contributed by atoms with van der Waals surface area (Å²) in [7, 11) is 0. The monoisotopic (exact) mass is 530 g/mol. The smallest absolute Gasteiger partial charge is 0.251 e. The number of amides is 1. The Morgan fingerprint density at radius 2 is 1.97 bits per heavy atom. The van der Waals surface area contributed by atoms with Crippen molar-refractivity contribution in [1.29, 1.82) is 0 Å². The number of carbonyl (C=O) groups is 1. The van der Waals surface area contributed by atoms with Crippen molar-refractivity contribution in [3.63, 3.8) is 0 Å². The summed E-state index contributed by atoms with van der Waals surface area (Å²) in [6, 6.07) is 14.7. The number of nitrogens with one attached hydrogen (secondary N) is 1. The molecule has 2 heterocycles. The van der Waals surface area contributed by atoms with E-state index in [0.717, 1.165) is 91.6 Å². The van der Waals surface area contributed by atoms with E-state index >= 15 is 0 Å². The molecule has 4 rings (SSSR count). The highest BCUT2D eigenvalue weighted by molar-refractivity contribution is 6.00. The van der Waals surface area contributed by atoms with Crippen LogP contribution in [0.3, 0.4) is 0 Å². The normalized spacial score (nSPS) is 17.3. The second-order valence-electron chi connectivity index (χ2n) is 10.2. The van der Waals surface area contributed by atoms with Crippen LogP contribution in [0.1, 0.15) is 45.1 Å². The third kappa shape index (κ3) is 8.32. The highest BCUT2D eigenvalue weighted by Gasteiger charge is 2.24. The summed E-state index contributed by atoms with van der Waals surface area (Å²) in [5.74, 6) is 1.28. The average Bonchev–Trinajstić information content (AvgIpc) is 3.38. The summed E-state index contributed by atoms with van der Waals surface area (Å²) < 4.78 is 17.1. The van der Waals surface area contributed by atoms with Crippen LogP contribution in [-0.2, 0) is 14.3 Å². The van der Waals surface area contributed by atoms with E-state index in [1.807, 2.05) is 19.1 Å². The van der Waals surface area contributed by atoms with E-state index in [-0.39, 0.29) is 5.91 Å². The minimum Gasteiger partial charge on any atom is -0.491 e. The summed E-state index contributed by atoms with van der Waals surface area (Å²) >= 11 is 0. The minimum absolute atomic E-state index is 0.0619. The standard InChI is InChI=1S/C33H42N2O4/c1-4-6-17-37-19-20-39-31-11-8-27(9-12-31)28-10-13-32-30(21-28)22-29(33(36)34-25(3)7-5-2)14-16-35(32)23-26-15-18-38-24-26/h5,7-13,21-22,26H,2,4,6,14-20,23-24H2,1,3H3,(H,34,36)/b25-7+/t26-/m0/s1. The number of hydrogen-bond donors (Lipinski definition) is 1. The van der Waals surface area contributed by atoms with Crippen LogP contribution in [0.5, 0.6) is 5.75 Å². The van der Waals surface area contributed by atoms with Crippen LogP contribution in [0.25, 0.3) is 17.2 Å². The van der Waals surface area contributed by atoms with Gasteiger partial charge in [0.1, 0.15) is 12.4 Å². The molecule has 0 aliphatic carbocycles. The van der Waals surface area contributed by atoms with Gasteiger partial charge < -0.3 is 24.4 Å². The van der Waals surface area contributed by atoms with Crippen molar-refractivity contribution in [1.82, 2.24) is 5.32 Å². The fourth-order valence-corrected chi connectivity index (χ4v) is 4.97. The van der Waals surface area contributed by atoms with Crippen LogP contribution in [0.4, 0.5) is 5.69 Å². The van der Waals surface area contributed by atoms with E-state index in [4.69, 9.17) is 14.2 Å². The van der Waals surface area contributed by atoms with Crippen molar-refractivity contribution in [3.8, 4) is 16.9 Å². The molecule has 0 bridgehead atoms. The Kier molecular flexibility index (Phi) is 10.8. The van der Waals surface area contributed by atoms with Crippen molar-refractivity contribution >= 4 is 17.7 Å². The van der Waals surface area contributed by atoms with Gasteiger partial charge in [-0.2, -0.15) is 0 Å². The van der Waals surface area contributed by atoms with E-state index in [0.29, 0.717) is 25.6 Å². The number of anilines is 1. The molecule has 0 saturated carbocycles. The van der Waals surface area contributed by atoms with Gasteiger partial charge in [-0.05, 0) is 79.3 Å². The second kappa shape index (κ2) is 14.7. The van der Waals surface area contributed by atoms with E-state index in [1.165, 1.54) is 0 Å². The fraction of sp³-hybridized carbons (Fsp3) is 0.424. The summed E-state index contributed by atoms with van der Waals surface area (Å²) in [6.45, 7) is 13.0. The van der Waals surface area contributed by atoms with Crippen LogP contribution in [0.15, 0.2) is 72.5 Å². The van der Waals surface area contributed by atoms with Crippen LogP contribution in [0.2, 0.25) is 0 Å². The molecule has 0 aromatic heterocycles. The lowest BCUT2D eigenvalue weighted by molar-refractivity contribution is -0.116. The average molecular weight is 531 g/mol. The molecule has 6 heteroatoms. The highest BCUT2D eigenvalue weighted by atomic mass is 16.5. The molecule has 2 aliphatic rings. The largest absolute Gasteiger partial charge is 0.491 e. The van der Waals surface area contributed by atoms with Gasteiger partial charge in [-0.3, -0.25) is 4.79 Å². The summed E-state index contributed by atoms with van der Waals surface area (Å²) in [4.78, 5) is 15.6. The number of allylic oxidation sites excluding steroid dienone is 3. The zero-order valence-corrected chi connectivity index (χ0v) is 23.4. The topological polar surface area (TPSA) is 60.0 Å². The van der Waals surface area contributed by atoms with Gasteiger partial charge in [0.2, 0.25) is 0 Å². The zero-order valence-electron chi connectivity index (χ0n) is 23.4. The molecule has 208 valence electrons. The van der Waals surface area contributed by atoms with Gasteiger partial charge in [-0.1, -0.05) is 44.2 Å². The molecule has 2 aromatic rings. The van der Waals surface area contributed by atoms with Gasteiger partial charge in [0, 0.05) is 49.2 Å². The molecule has 39 heavy (non-hydrogen) atoms. The minimum atomic E-state index is -0.0619. The van der Waals surface area contributed by atoms with Crippen LogP contribution in [0, 0.1) is 5.92 Å².